The number of hydrogen-bond acceptors (Lipinski definition) is 4. The normalized spacial score (nSPS) is 12.5. The molecule has 1 aromatic carbocycles. The molecule has 0 aliphatic rings. The number of aromatic amines is 1. The molecule has 0 spiro atoms. The molecule has 0 radical (unpaired) electrons. The summed E-state index contributed by atoms with van der Waals surface area (Å²) in [6.07, 6.45) is 0.799. The van der Waals surface area contributed by atoms with E-state index >= 15 is 0 Å². The van der Waals surface area contributed by atoms with E-state index in [0.717, 1.165) is 17.0 Å². The van der Waals surface area contributed by atoms with Crippen LogP contribution in [0.15, 0.2) is 47.0 Å². The summed E-state index contributed by atoms with van der Waals surface area (Å²) in [6.45, 7) is 2.60. The molecule has 120 valence electrons. The molecule has 0 unspecified atom stereocenters. The third-order valence-corrected chi connectivity index (χ3v) is 3.62. The predicted octanol–water partition coefficient (Wildman–Crippen LogP) is 2.94. The molecule has 3 N–H and O–H groups in total. The van der Waals surface area contributed by atoms with Crippen LogP contribution in [0.2, 0.25) is 0 Å². The quantitative estimate of drug-likeness (QED) is 0.654. The standard InChI is InChI=1S/C17H18FN3O2/c1-11-6-7-16(23-11)17-12(9-20-21-17)8-19-10-15(22)13-4-2-3-5-14(13)18/h2-7,9,15,19,22H,8,10H2,1H3,(H,20,21)/t15-/m0/s1. The summed E-state index contributed by atoms with van der Waals surface area (Å²) in [4.78, 5) is 0. The van der Waals surface area contributed by atoms with E-state index in [4.69, 9.17) is 4.42 Å². The second-order valence-electron chi connectivity index (χ2n) is 5.35. The Labute approximate surface area is 133 Å². The number of aliphatic hydroxyl groups excluding tert-OH is 1. The molecule has 0 fully saturated rings. The monoisotopic (exact) mass is 315 g/mol. The number of aromatic nitrogens is 2. The molecule has 1 atom stereocenters. The molecule has 2 aromatic heterocycles. The number of H-pyrrole nitrogens is 1. The lowest BCUT2D eigenvalue weighted by Gasteiger charge is -2.12. The minimum atomic E-state index is -0.905. The summed E-state index contributed by atoms with van der Waals surface area (Å²) in [5, 5.41) is 20.1. The van der Waals surface area contributed by atoms with Gasteiger partial charge in [0.1, 0.15) is 17.3 Å². The van der Waals surface area contributed by atoms with Crippen molar-refractivity contribution in [2.45, 2.75) is 19.6 Å². The summed E-state index contributed by atoms with van der Waals surface area (Å²) in [5.41, 5.74) is 2.00. The molecule has 0 aliphatic heterocycles. The highest BCUT2D eigenvalue weighted by molar-refractivity contribution is 5.56. The van der Waals surface area contributed by atoms with Crippen molar-refractivity contribution in [2.75, 3.05) is 6.54 Å². The number of furan rings is 1. The van der Waals surface area contributed by atoms with Gasteiger partial charge in [0.05, 0.1) is 12.3 Å². The fourth-order valence-electron chi connectivity index (χ4n) is 2.43. The summed E-state index contributed by atoms with van der Waals surface area (Å²) >= 11 is 0. The molecular weight excluding hydrogens is 297 g/mol. The topological polar surface area (TPSA) is 74.1 Å². The van der Waals surface area contributed by atoms with Crippen molar-refractivity contribution in [1.29, 1.82) is 0 Å². The third-order valence-electron chi connectivity index (χ3n) is 3.62. The Morgan fingerprint density at radius 2 is 2.13 bits per heavy atom. The van der Waals surface area contributed by atoms with Crippen molar-refractivity contribution in [3.8, 4) is 11.5 Å². The smallest absolute Gasteiger partial charge is 0.152 e. The number of aliphatic hydroxyl groups is 1. The summed E-state index contributed by atoms with van der Waals surface area (Å²) in [7, 11) is 0. The lowest BCUT2D eigenvalue weighted by atomic mass is 10.1. The van der Waals surface area contributed by atoms with Crippen LogP contribution in [-0.4, -0.2) is 21.8 Å². The van der Waals surface area contributed by atoms with E-state index in [0.29, 0.717) is 12.3 Å². The summed E-state index contributed by atoms with van der Waals surface area (Å²) in [6, 6.07) is 9.98. The van der Waals surface area contributed by atoms with Gasteiger partial charge in [-0.3, -0.25) is 5.10 Å². The molecule has 0 bridgehead atoms. The van der Waals surface area contributed by atoms with Gasteiger partial charge in [-0.25, -0.2) is 4.39 Å². The first kappa shape index (κ1) is 15.5. The number of halogens is 1. The van der Waals surface area contributed by atoms with Gasteiger partial charge in [0.15, 0.2) is 5.76 Å². The molecule has 0 saturated carbocycles. The Hall–Kier alpha value is -2.44. The first-order valence-electron chi connectivity index (χ1n) is 7.37. The zero-order valence-electron chi connectivity index (χ0n) is 12.7. The molecule has 2 heterocycles. The minimum absolute atomic E-state index is 0.239. The van der Waals surface area contributed by atoms with Crippen LogP contribution in [0.25, 0.3) is 11.5 Å². The van der Waals surface area contributed by atoms with Gasteiger partial charge in [-0.1, -0.05) is 18.2 Å². The van der Waals surface area contributed by atoms with Crippen LogP contribution in [0.5, 0.6) is 0 Å². The molecule has 3 aromatic rings. The number of aryl methyl sites for hydroxylation is 1. The average Bonchev–Trinajstić information content (AvgIpc) is 3.16. The molecule has 0 amide bonds. The first-order chi connectivity index (χ1) is 11.1. The molecule has 6 heteroatoms. The second kappa shape index (κ2) is 6.76. The van der Waals surface area contributed by atoms with Crippen molar-refractivity contribution < 1.29 is 13.9 Å². The van der Waals surface area contributed by atoms with E-state index in [-0.39, 0.29) is 12.1 Å². The molecule has 0 aliphatic carbocycles. The van der Waals surface area contributed by atoms with Crippen LogP contribution in [0, 0.1) is 12.7 Å². The van der Waals surface area contributed by atoms with Crippen LogP contribution in [-0.2, 0) is 6.54 Å². The molecule has 23 heavy (non-hydrogen) atoms. The van der Waals surface area contributed by atoms with Crippen LogP contribution in [0.1, 0.15) is 23.0 Å². The molecule has 0 saturated heterocycles. The maximum atomic E-state index is 13.6. The molecule has 3 rings (SSSR count). The maximum absolute atomic E-state index is 13.6. The van der Waals surface area contributed by atoms with Gasteiger partial charge in [0, 0.05) is 24.2 Å². The zero-order valence-corrected chi connectivity index (χ0v) is 12.7. The summed E-state index contributed by atoms with van der Waals surface area (Å²) < 4.78 is 19.2. The lowest BCUT2D eigenvalue weighted by Crippen LogP contribution is -2.21. The highest BCUT2D eigenvalue weighted by Crippen LogP contribution is 2.23. The van der Waals surface area contributed by atoms with E-state index in [1.807, 2.05) is 19.1 Å². The Kier molecular flexibility index (Phi) is 4.55. The van der Waals surface area contributed by atoms with Crippen LogP contribution in [0.4, 0.5) is 4.39 Å². The second-order valence-corrected chi connectivity index (χ2v) is 5.35. The number of hydrogen-bond donors (Lipinski definition) is 3. The average molecular weight is 315 g/mol. The van der Waals surface area contributed by atoms with Gasteiger partial charge < -0.3 is 14.8 Å². The highest BCUT2D eigenvalue weighted by atomic mass is 19.1. The highest BCUT2D eigenvalue weighted by Gasteiger charge is 2.14. The Morgan fingerprint density at radius 3 is 2.87 bits per heavy atom. The van der Waals surface area contributed by atoms with Crippen molar-refractivity contribution in [3.63, 3.8) is 0 Å². The minimum Gasteiger partial charge on any atom is -0.460 e. The van der Waals surface area contributed by atoms with E-state index in [1.54, 1.807) is 24.4 Å². The fourth-order valence-corrected chi connectivity index (χ4v) is 2.43. The van der Waals surface area contributed by atoms with Crippen molar-refractivity contribution in [3.05, 3.63) is 65.3 Å². The van der Waals surface area contributed by atoms with Crippen molar-refractivity contribution in [2.24, 2.45) is 0 Å². The zero-order chi connectivity index (χ0) is 16.2. The van der Waals surface area contributed by atoms with Gasteiger partial charge in [-0.15, -0.1) is 0 Å². The van der Waals surface area contributed by atoms with Crippen LogP contribution in [0.3, 0.4) is 0 Å². The van der Waals surface area contributed by atoms with E-state index in [2.05, 4.69) is 15.5 Å². The van der Waals surface area contributed by atoms with Crippen LogP contribution >= 0.6 is 0 Å². The van der Waals surface area contributed by atoms with Gasteiger partial charge in [-0.2, -0.15) is 5.10 Å². The number of nitrogens with one attached hydrogen (secondary N) is 2. The largest absolute Gasteiger partial charge is 0.460 e. The van der Waals surface area contributed by atoms with E-state index in [1.165, 1.54) is 6.07 Å². The Balaban J connectivity index is 1.62. The molecular formula is C17H18FN3O2. The van der Waals surface area contributed by atoms with Gasteiger partial charge in [0.2, 0.25) is 0 Å². The number of nitrogens with zero attached hydrogens (tertiary/aromatic N) is 1. The maximum Gasteiger partial charge on any atom is 0.152 e. The number of benzene rings is 1. The Morgan fingerprint density at radius 1 is 1.30 bits per heavy atom. The van der Waals surface area contributed by atoms with Crippen molar-refractivity contribution in [1.82, 2.24) is 15.5 Å². The van der Waals surface area contributed by atoms with Crippen molar-refractivity contribution >= 4 is 0 Å². The van der Waals surface area contributed by atoms with E-state index < -0.39 is 11.9 Å². The SMILES string of the molecule is Cc1ccc(-c2[nH]ncc2CNC[C@H](O)c2ccccc2F)o1. The van der Waals surface area contributed by atoms with Gasteiger partial charge in [0.25, 0.3) is 0 Å². The Bertz CT molecular complexity index is 782. The first-order valence-corrected chi connectivity index (χ1v) is 7.37. The van der Waals surface area contributed by atoms with Crippen LogP contribution < -0.4 is 5.32 Å². The molecule has 5 nitrogen and oxygen atoms in total. The lowest BCUT2D eigenvalue weighted by molar-refractivity contribution is 0.169. The van der Waals surface area contributed by atoms with Gasteiger partial charge >= 0.3 is 0 Å². The number of rotatable bonds is 6. The summed E-state index contributed by atoms with van der Waals surface area (Å²) in [5.74, 6) is 1.13. The van der Waals surface area contributed by atoms with Gasteiger partial charge in [-0.05, 0) is 25.1 Å². The fraction of sp³-hybridized carbons (Fsp3) is 0.235. The third kappa shape index (κ3) is 3.49. The van der Waals surface area contributed by atoms with E-state index in [9.17, 15) is 9.50 Å². The predicted molar refractivity (Wildman–Crippen MR) is 84.1 cm³/mol.